The smallest absolute Gasteiger partial charge is 0.164 e. The van der Waals surface area contributed by atoms with Gasteiger partial charge >= 0.3 is 0 Å². The number of epoxide rings is 1. The first-order chi connectivity index (χ1) is 4.45. The molecule has 50 valence electrons. The maximum absolute atomic E-state index is 5.16. The van der Waals surface area contributed by atoms with Gasteiger partial charge in [-0.2, -0.15) is 0 Å². The molecule has 0 bridgehead atoms. The van der Waals surface area contributed by atoms with Crippen molar-refractivity contribution in [2.24, 2.45) is 0 Å². The predicted octanol–water partition coefficient (Wildman–Crippen LogP) is 0.273. The van der Waals surface area contributed by atoms with Crippen molar-refractivity contribution < 1.29 is 14.2 Å². The lowest BCUT2D eigenvalue weighted by Gasteiger charge is -1.93. The van der Waals surface area contributed by atoms with Crippen LogP contribution in [0.3, 0.4) is 0 Å². The van der Waals surface area contributed by atoms with Crippen LogP contribution in [-0.2, 0) is 14.2 Å². The van der Waals surface area contributed by atoms with Crippen LogP contribution < -0.4 is 0 Å². The second-order valence-corrected chi connectivity index (χ2v) is 2.17. The van der Waals surface area contributed by atoms with Gasteiger partial charge in [0.1, 0.15) is 19.0 Å². The van der Waals surface area contributed by atoms with Gasteiger partial charge in [0, 0.05) is 0 Å². The largest absolute Gasteiger partial charge is 0.460 e. The van der Waals surface area contributed by atoms with Crippen molar-refractivity contribution in [1.82, 2.24) is 0 Å². The Morgan fingerprint density at radius 3 is 3.11 bits per heavy atom. The third-order valence-corrected chi connectivity index (χ3v) is 1.23. The molecule has 2 aliphatic heterocycles. The van der Waals surface area contributed by atoms with E-state index >= 15 is 0 Å². The molecule has 0 spiro atoms. The fourth-order valence-electron chi connectivity index (χ4n) is 0.565. The summed E-state index contributed by atoms with van der Waals surface area (Å²) in [4.78, 5) is 0. The van der Waals surface area contributed by atoms with Crippen LogP contribution in [0.25, 0.3) is 0 Å². The Morgan fingerprint density at radius 2 is 2.56 bits per heavy atom. The minimum Gasteiger partial charge on any atom is -0.460 e. The van der Waals surface area contributed by atoms with E-state index in [1.807, 2.05) is 0 Å². The summed E-state index contributed by atoms with van der Waals surface area (Å²) in [5, 5.41) is 0. The van der Waals surface area contributed by atoms with E-state index in [1.165, 1.54) is 0 Å². The molecule has 0 N–H and O–H groups in total. The number of ether oxygens (including phenoxy) is 3. The molecule has 2 aliphatic rings. The van der Waals surface area contributed by atoms with Crippen molar-refractivity contribution in [2.45, 2.75) is 6.10 Å². The summed E-state index contributed by atoms with van der Waals surface area (Å²) >= 11 is 0. The van der Waals surface area contributed by atoms with Crippen LogP contribution in [0.4, 0.5) is 0 Å². The van der Waals surface area contributed by atoms with Crippen molar-refractivity contribution in [3.05, 3.63) is 12.0 Å². The van der Waals surface area contributed by atoms with E-state index in [1.54, 1.807) is 6.26 Å². The van der Waals surface area contributed by atoms with Gasteiger partial charge in [-0.15, -0.1) is 0 Å². The van der Waals surface area contributed by atoms with Gasteiger partial charge in [0.25, 0.3) is 0 Å². The van der Waals surface area contributed by atoms with Gasteiger partial charge in [-0.05, 0) is 0 Å². The van der Waals surface area contributed by atoms with Gasteiger partial charge in [-0.1, -0.05) is 0 Å². The van der Waals surface area contributed by atoms with Gasteiger partial charge in [0.15, 0.2) is 5.76 Å². The molecule has 0 aromatic rings. The monoisotopic (exact) mass is 128 g/mol. The zero-order chi connectivity index (χ0) is 6.10. The van der Waals surface area contributed by atoms with E-state index in [0.29, 0.717) is 19.3 Å². The molecule has 0 aliphatic carbocycles. The Bertz CT molecular complexity index is 137. The first-order valence-corrected chi connectivity index (χ1v) is 3.00. The molecule has 0 radical (unpaired) electrons. The quantitative estimate of drug-likeness (QED) is 0.510. The topological polar surface area (TPSA) is 34.3 Å². The van der Waals surface area contributed by atoms with Crippen molar-refractivity contribution in [2.75, 3.05) is 19.8 Å². The summed E-state index contributed by atoms with van der Waals surface area (Å²) in [7, 11) is 0. The molecule has 1 saturated heterocycles. The van der Waals surface area contributed by atoms with Crippen LogP contribution in [0, 0.1) is 0 Å². The van der Waals surface area contributed by atoms with E-state index in [9.17, 15) is 0 Å². The van der Waals surface area contributed by atoms with Crippen LogP contribution in [0.1, 0.15) is 0 Å². The van der Waals surface area contributed by atoms with E-state index in [2.05, 4.69) is 0 Å². The highest BCUT2D eigenvalue weighted by Gasteiger charge is 2.23. The standard InChI is InChI=1S/C6H8O3/c1(5-3-8-5)7-2-6-4-9-6/h3,6H,1-2,4H2. The van der Waals surface area contributed by atoms with Crippen LogP contribution in [0.15, 0.2) is 12.0 Å². The van der Waals surface area contributed by atoms with E-state index in [-0.39, 0.29) is 0 Å². The molecule has 2 heterocycles. The first-order valence-electron chi connectivity index (χ1n) is 3.00. The number of hydrogen-bond donors (Lipinski definition) is 0. The van der Waals surface area contributed by atoms with Gasteiger partial charge in [-0.25, -0.2) is 0 Å². The maximum Gasteiger partial charge on any atom is 0.164 e. The lowest BCUT2D eigenvalue weighted by Crippen LogP contribution is -2.01. The minimum atomic E-state index is 0.365. The normalized spacial score (nSPS) is 28.9. The lowest BCUT2D eigenvalue weighted by molar-refractivity contribution is 0.126. The molecule has 1 unspecified atom stereocenters. The molecule has 0 aromatic heterocycles. The zero-order valence-electron chi connectivity index (χ0n) is 5.00. The molecule has 0 amide bonds. The highest BCUT2D eigenvalue weighted by atomic mass is 16.6. The molecule has 3 heteroatoms. The van der Waals surface area contributed by atoms with E-state index < -0.39 is 0 Å². The highest BCUT2D eigenvalue weighted by Crippen LogP contribution is 2.14. The molecule has 1 fully saturated rings. The zero-order valence-corrected chi connectivity index (χ0v) is 5.00. The highest BCUT2D eigenvalue weighted by molar-refractivity contribution is 5.02. The summed E-state index contributed by atoms with van der Waals surface area (Å²) in [5.41, 5.74) is 0. The summed E-state index contributed by atoms with van der Waals surface area (Å²) in [6.07, 6.45) is 2.05. The average molecular weight is 128 g/mol. The van der Waals surface area contributed by atoms with Gasteiger partial charge in [0.05, 0.1) is 13.2 Å². The molecule has 0 saturated carbocycles. The molecule has 0 aromatic carbocycles. The summed E-state index contributed by atoms with van der Waals surface area (Å²) < 4.78 is 14.8. The summed E-state index contributed by atoms with van der Waals surface area (Å²) in [5.74, 6) is 0.940. The minimum absolute atomic E-state index is 0.365. The SMILES string of the molecule is C1=C(COCC2CO2)O1. The van der Waals surface area contributed by atoms with E-state index in [0.717, 1.165) is 12.4 Å². The van der Waals surface area contributed by atoms with Crippen LogP contribution >= 0.6 is 0 Å². The molecular formula is C6H8O3. The van der Waals surface area contributed by atoms with E-state index in [4.69, 9.17) is 14.2 Å². The fraction of sp³-hybridized carbons (Fsp3) is 0.667. The average Bonchev–Trinajstić information content (AvgIpc) is 2.57. The van der Waals surface area contributed by atoms with Gasteiger partial charge in [0.2, 0.25) is 0 Å². The fourth-order valence-corrected chi connectivity index (χ4v) is 0.565. The third-order valence-electron chi connectivity index (χ3n) is 1.23. The Labute approximate surface area is 53.2 Å². The molecule has 2 rings (SSSR count). The lowest BCUT2D eigenvalue weighted by atomic mass is 10.5. The number of rotatable bonds is 4. The maximum atomic E-state index is 5.16. The van der Waals surface area contributed by atoms with Gasteiger partial charge < -0.3 is 14.2 Å². The van der Waals surface area contributed by atoms with Crippen LogP contribution in [0.2, 0.25) is 0 Å². The van der Waals surface area contributed by atoms with Crippen molar-refractivity contribution >= 4 is 0 Å². The first kappa shape index (κ1) is 5.26. The Kier molecular flexibility index (Phi) is 1.17. The Balaban J connectivity index is 1.51. The molecule has 1 atom stereocenters. The van der Waals surface area contributed by atoms with Crippen molar-refractivity contribution in [3.8, 4) is 0 Å². The predicted molar refractivity (Wildman–Crippen MR) is 29.7 cm³/mol. The molecule has 9 heavy (non-hydrogen) atoms. The van der Waals surface area contributed by atoms with Crippen molar-refractivity contribution in [1.29, 1.82) is 0 Å². The van der Waals surface area contributed by atoms with Crippen LogP contribution in [-0.4, -0.2) is 25.9 Å². The second kappa shape index (κ2) is 2.01. The second-order valence-electron chi connectivity index (χ2n) is 2.17. The Hall–Kier alpha value is -0.540. The van der Waals surface area contributed by atoms with Gasteiger partial charge in [-0.3, -0.25) is 0 Å². The Morgan fingerprint density at radius 1 is 1.78 bits per heavy atom. The number of hydrogen-bond acceptors (Lipinski definition) is 3. The molecular weight excluding hydrogens is 120 g/mol. The summed E-state index contributed by atoms with van der Waals surface area (Å²) in [6.45, 7) is 2.18. The third kappa shape index (κ3) is 1.69. The molecule has 3 nitrogen and oxygen atoms in total. The van der Waals surface area contributed by atoms with Crippen molar-refractivity contribution in [3.63, 3.8) is 0 Å². The summed E-state index contributed by atoms with van der Waals surface area (Å²) in [6, 6.07) is 0. The van der Waals surface area contributed by atoms with Crippen LogP contribution in [0.5, 0.6) is 0 Å².